The van der Waals surface area contributed by atoms with Gasteiger partial charge in [0.25, 0.3) is 5.91 Å². The molecule has 0 aliphatic rings. The Balaban J connectivity index is 1.39. The number of hydrogen-bond acceptors (Lipinski definition) is 6. The summed E-state index contributed by atoms with van der Waals surface area (Å²) in [6, 6.07) is 12.4. The van der Waals surface area contributed by atoms with Gasteiger partial charge >= 0.3 is 6.18 Å². The van der Waals surface area contributed by atoms with Gasteiger partial charge in [0.05, 0.1) is 16.8 Å². The van der Waals surface area contributed by atoms with E-state index in [-0.39, 0.29) is 29.8 Å². The molecule has 4 aromatic rings. The van der Waals surface area contributed by atoms with E-state index in [0.717, 1.165) is 17.7 Å². The molecule has 0 saturated carbocycles. The van der Waals surface area contributed by atoms with Crippen molar-refractivity contribution in [3.63, 3.8) is 0 Å². The predicted molar refractivity (Wildman–Crippen MR) is 120 cm³/mol. The van der Waals surface area contributed by atoms with Crippen LogP contribution in [0.3, 0.4) is 0 Å². The summed E-state index contributed by atoms with van der Waals surface area (Å²) in [5, 5.41) is 16.7. The van der Waals surface area contributed by atoms with Crippen molar-refractivity contribution in [3.05, 3.63) is 82.4 Å². The summed E-state index contributed by atoms with van der Waals surface area (Å²) < 4.78 is 44.3. The van der Waals surface area contributed by atoms with Crippen molar-refractivity contribution in [3.8, 4) is 11.5 Å². The highest BCUT2D eigenvalue weighted by Crippen LogP contribution is 2.31. The summed E-state index contributed by atoms with van der Waals surface area (Å²) in [7, 11) is 0. The monoisotopic (exact) mass is 486 g/mol. The van der Waals surface area contributed by atoms with Crippen molar-refractivity contribution < 1.29 is 27.2 Å². The van der Waals surface area contributed by atoms with Gasteiger partial charge in [0.1, 0.15) is 0 Å². The number of hydrogen-bond donors (Lipinski definition) is 2. The fraction of sp³-hybridized carbons (Fsp3) is 0.130. The molecule has 0 fully saturated rings. The van der Waals surface area contributed by atoms with Gasteiger partial charge in [-0.25, -0.2) is 0 Å². The van der Waals surface area contributed by atoms with Crippen LogP contribution >= 0.6 is 11.3 Å². The summed E-state index contributed by atoms with van der Waals surface area (Å²) >= 11 is 1.49. The summed E-state index contributed by atoms with van der Waals surface area (Å²) in [6.07, 6.45) is -4.31. The molecule has 0 atom stereocenters. The second-order valence-corrected chi connectivity index (χ2v) is 7.92. The number of rotatable bonds is 7. The van der Waals surface area contributed by atoms with E-state index in [9.17, 15) is 22.8 Å². The Kier molecular flexibility index (Phi) is 6.73. The highest BCUT2D eigenvalue weighted by atomic mass is 32.1. The SMILES string of the molecule is O=C(CCc1nnc(-c2ccsc2)o1)Nc1ccccc1C(=O)Nc1cccc(C(F)(F)F)c1. The number of halogens is 3. The second kappa shape index (κ2) is 9.87. The lowest BCUT2D eigenvalue weighted by Gasteiger charge is -2.12. The molecule has 2 aromatic carbocycles. The molecule has 7 nitrogen and oxygen atoms in total. The van der Waals surface area contributed by atoms with Crippen molar-refractivity contribution >= 4 is 34.5 Å². The second-order valence-electron chi connectivity index (χ2n) is 7.14. The van der Waals surface area contributed by atoms with Crippen LogP contribution in [0.25, 0.3) is 11.5 Å². The van der Waals surface area contributed by atoms with E-state index in [2.05, 4.69) is 20.8 Å². The Hall–Kier alpha value is -3.99. The first-order valence-corrected chi connectivity index (χ1v) is 11.0. The number of anilines is 2. The molecule has 0 radical (unpaired) electrons. The van der Waals surface area contributed by atoms with Crippen LogP contribution in [-0.2, 0) is 17.4 Å². The molecule has 174 valence electrons. The van der Waals surface area contributed by atoms with Crippen molar-refractivity contribution in [2.24, 2.45) is 0 Å². The number of thiophene rings is 1. The summed E-state index contributed by atoms with van der Waals surface area (Å²) in [6.45, 7) is 0. The van der Waals surface area contributed by atoms with Gasteiger partial charge < -0.3 is 15.1 Å². The molecule has 11 heteroatoms. The van der Waals surface area contributed by atoms with Gasteiger partial charge in [-0.05, 0) is 41.8 Å². The van der Waals surface area contributed by atoms with Crippen molar-refractivity contribution in [2.45, 2.75) is 19.0 Å². The smallest absolute Gasteiger partial charge is 0.416 e. The van der Waals surface area contributed by atoms with Gasteiger partial charge in [-0.1, -0.05) is 18.2 Å². The third kappa shape index (κ3) is 5.67. The Labute approximate surface area is 195 Å². The van der Waals surface area contributed by atoms with E-state index in [1.807, 2.05) is 16.8 Å². The molecule has 2 N–H and O–H groups in total. The normalized spacial score (nSPS) is 11.3. The number of amides is 2. The van der Waals surface area contributed by atoms with Crippen molar-refractivity contribution in [1.82, 2.24) is 10.2 Å². The molecule has 4 rings (SSSR count). The van der Waals surface area contributed by atoms with Gasteiger partial charge in [-0.2, -0.15) is 24.5 Å². The molecular weight excluding hydrogens is 469 g/mol. The topological polar surface area (TPSA) is 97.1 Å². The number of aryl methyl sites for hydroxylation is 1. The standard InChI is InChI=1S/C23H17F3N4O3S/c24-23(25,26)15-4-3-5-16(12-15)27-21(32)17-6-1-2-7-18(17)28-19(31)8-9-20-29-30-22(33-20)14-10-11-34-13-14/h1-7,10-13H,8-9H2,(H,27,32)(H,28,31). The maximum atomic E-state index is 12.9. The zero-order valence-electron chi connectivity index (χ0n) is 17.4. The Bertz CT molecular complexity index is 1300. The third-order valence-corrected chi connectivity index (χ3v) is 5.38. The zero-order chi connectivity index (χ0) is 24.1. The van der Waals surface area contributed by atoms with E-state index < -0.39 is 23.6 Å². The average Bonchev–Trinajstić information content (AvgIpc) is 3.50. The third-order valence-electron chi connectivity index (χ3n) is 4.69. The van der Waals surface area contributed by atoms with Crippen LogP contribution in [0.1, 0.15) is 28.2 Å². The number of benzene rings is 2. The van der Waals surface area contributed by atoms with E-state index in [0.29, 0.717) is 11.8 Å². The van der Waals surface area contributed by atoms with E-state index in [1.165, 1.54) is 35.6 Å². The first-order chi connectivity index (χ1) is 16.3. The summed E-state index contributed by atoms with van der Waals surface area (Å²) in [5.74, 6) is -0.387. The minimum absolute atomic E-state index is 0.0150. The molecule has 2 heterocycles. The van der Waals surface area contributed by atoms with Crippen molar-refractivity contribution in [2.75, 3.05) is 10.6 Å². The maximum absolute atomic E-state index is 12.9. The first-order valence-electron chi connectivity index (χ1n) is 10.0. The molecule has 0 bridgehead atoms. The number of nitrogens with zero attached hydrogens (tertiary/aromatic N) is 2. The quantitative estimate of drug-likeness (QED) is 0.352. The van der Waals surface area contributed by atoms with Gasteiger partial charge in [0.2, 0.25) is 17.7 Å². The lowest BCUT2D eigenvalue weighted by Crippen LogP contribution is -2.18. The van der Waals surface area contributed by atoms with Crippen LogP contribution in [0, 0.1) is 0 Å². The molecule has 34 heavy (non-hydrogen) atoms. The highest BCUT2D eigenvalue weighted by molar-refractivity contribution is 7.08. The minimum Gasteiger partial charge on any atom is -0.421 e. The van der Waals surface area contributed by atoms with Crippen LogP contribution in [0.4, 0.5) is 24.5 Å². The minimum atomic E-state index is -4.53. The van der Waals surface area contributed by atoms with Crippen LogP contribution in [0.5, 0.6) is 0 Å². The first kappa shape index (κ1) is 23.2. The zero-order valence-corrected chi connectivity index (χ0v) is 18.2. The van der Waals surface area contributed by atoms with Crippen LogP contribution in [-0.4, -0.2) is 22.0 Å². The van der Waals surface area contributed by atoms with Crippen LogP contribution in [0.2, 0.25) is 0 Å². The number of carbonyl (C=O) groups excluding carboxylic acids is 2. The van der Waals surface area contributed by atoms with Crippen LogP contribution in [0.15, 0.2) is 69.8 Å². The van der Waals surface area contributed by atoms with Gasteiger partial charge in [-0.15, -0.1) is 10.2 Å². The number of aromatic nitrogens is 2. The van der Waals surface area contributed by atoms with E-state index in [4.69, 9.17) is 4.42 Å². The largest absolute Gasteiger partial charge is 0.421 e. The number of para-hydroxylation sites is 1. The van der Waals surface area contributed by atoms with Gasteiger partial charge in [-0.3, -0.25) is 9.59 Å². The summed E-state index contributed by atoms with van der Waals surface area (Å²) in [5.41, 5.74) is 0.231. The fourth-order valence-corrected chi connectivity index (χ4v) is 3.68. The predicted octanol–water partition coefficient (Wildman–Crippen LogP) is 5.64. The molecule has 2 aromatic heterocycles. The van der Waals surface area contributed by atoms with Gasteiger partial charge in [0.15, 0.2) is 0 Å². The lowest BCUT2D eigenvalue weighted by atomic mass is 10.1. The Morgan fingerprint density at radius 2 is 1.82 bits per heavy atom. The molecular formula is C23H17F3N4O3S. The fourth-order valence-electron chi connectivity index (χ4n) is 3.05. The van der Waals surface area contributed by atoms with Crippen LogP contribution < -0.4 is 10.6 Å². The van der Waals surface area contributed by atoms with Gasteiger partial charge in [0, 0.05) is 29.5 Å². The molecule has 2 amide bonds. The number of alkyl halides is 3. The van der Waals surface area contributed by atoms with E-state index >= 15 is 0 Å². The molecule has 0 saturated heterocycles. The Morgan fingerprint density at radius 1 is 1.00 bits per heavy atom. The average molecular weight is 486 g/mol. The van der Waals surface area contributed by atoms with Crippen molar-refractivity contribution in [1.29, 1.82) is 0 Å². The Morgan fingerprint density at radius 3 is 2.59 bits per heavy atom. The number of nitrogens with one attached hydrogen (secondary N) is 2. The molecule has 0 aliphatic carbocycles. The lowest BCUT2D eigenvalue weighted by molar-refractivity contribution is -0.137. The number of carbonyl (C=O) groups is 2. The summed E-state index contributed by atoms with van der Waals surface area (Å²) in [4.78, 5) is 25.1. The maximum Gasteiger partial charge on any atom is 0.416 e. The highest BCUT2D eigenvalue weighted by Gasteiger charge is 2.30. The molecule has 0 aliphatic heterocycles. The molecule has 0 spiro atoms. The molecule has 0 unspecified atom stereocenters. The van der Waals surface area contributed by atoms with E-state index in [1.54, 1.807) is 12.1 Å².